The van der Waals surface area contributed by atoms with Gasteiger partial charge in [-0.05, 0) is 43.1 Å². The van der Waals surface area contributed by atoms with E-state index >= 15 is 0 Å². The molecule has 2 atom stereocenters. The molecular formula is C19H24N4OS2. The fourth-order valence-corrected chi connectivity index (χ4v) is 4.28. The zero-order chi connectivity index (χ0) is 18.4. The van der Waals surface area contributed by atoms with Crippen molar-refractivity contribution < 1.29 is 4.79 Å². The number of nitrogens with zero attached hydrogens (tertiary/aromatic N) is 1. The number of carbonyl (C=O) groups is 1. The maximum Gasteiger partial charge on any atom is 0.248 e. The van der Waals surface area contributed by atoms with E-state index < -0.39 is 0 Å². The standard InChI is InChI=1S/C19H24N4OS2/c1-13-6-2-3-9-15(13)21-19(25)23-22-17(24)12-26-16-10-4-7-14-8-5-11-20-18(14)16/h4-5,7-8,10-11,13,15H,2-3,6,9,12H2,1H3,(H,22,24)(H2,21,23,25)/t13-,15+/m0/s1. The van der Waals surface area contributed by atoms with Crippen LogP contribution in [0.3, 0.4) is 0 Å². The molecule has 3 rings (SSSR count). The molecule has 0 aliphatic heterocycles. The summed E-state index contributed by atoms with van der Waals surface area (Å²) in [6.45, 7) is 2.24. The summed E-state index contributed by atoms with van der Waals surface area (Å²) < 4.78 is 0. The van der Waals surface area contributed by atoms with Crippen LogP contribution in [0.15, 0.2) is 41.4 Å². The first-order valence-electron chi connectivity index (χ1n) is 8.95. The Hall–Kier alpha value is -1.86. The van der Waals surface area contributed by atoms with E-state index in [-0.39, 0.29) is 5.91 Å². The van der Waals surface area contributed by atoms with Gasteiger partial charge in [0.05, 0.1) is 11.3 Å². The molecule has 1 saturated carbocycles. The minimum absolute atomic E-state index is 0.122. The van der Waals surface area contributed by atoms with Crippen molar-refractivity contribution in [1.82, 2.24) is 21.2 Å². The van der Waals surface area contributed by atoms with Gasteiger partial charge in [0.2, 0.25) is 5.91 Å². The largest absolute Gasteiger partial charge is 0.358 e. The molecule has 1 heterocycles. The van der Waals surface area contributed by atoms with Crippen LogP contribution in [0.2, 0.25) is 0 Å². The topological polar surface area (TPSA) is 66.0 Å². The van der Waals surface area contributed by atoms with Gasteiger partial charge in [-0.15, -0.1) is 11.8 Å². The number of fused-ring (bicyclic) bond motifs is 1. The number of aromatic nitrogens is 1. The van der Waals surface area contributed by atoms with Gasteiger partial charge in [0, 0.05) is 22.5 Å². The van der Waals surface area contributed by atoms with Crippen LogP contribution in [0, 0.1) is 5.92 Å². The van der Waals surface area contributed by atoms with Gasteiger partial charge in [-0.2, -0.15) is 0 Å². The van der Waals surface area contributed by atoms with Crippen LogP contribution < -0.4 is 16.2 Å². The Bertz CT molecular complexity index is 778. The molecule has 2 aromatic rings. The first kappa shape index (κ1) is 18.9. The average Bonchev–Trinajstić information content (AvgIpc) is 2.66. The lowest BCUT2D eigenvalue weighted by Crippen LogP contribution is -2.52. The smallest absolute Gasteiger partial charge is 0.248 e. The van der Waals surface area contributed by atoms with Gasteiger partial charge in [0.15, 0.2) is 5.11 Å². The molecule has 0 saturated heterocycles. The Morgan fingerprint density at radius 3 is 2.88 bits per heavy atom. The highest BCUT2D eigenvalue weighted by Crippen LogP contribution is 2.26. The molecule has 7 heteroatoms. The second-order valence-electron chi connectivity index (χ2n) is 6.63. The molecule has 0 spiro atoms. The SMILES string of the molecule is C[C@H]1CCCC[C@H]1NC(=S)NNC(=O)CSc1cccc2cccnc12. The van der Waals surface area contributed by atoms with E-state index in [9.17, 15) is 4.79 Å². The molecule has 0 radical (unpaired) electrons. The van der Waals surface area contributed by atoms with Crippen molar-refractivity contribution in [3.63, 3.8) is 0 Å². The Morgan fingerprint density at radius 1 is 1.23 bits per heavy atom. The maximum atomic E-state index is 12.1. The second-order valence-corrected chi connectivity index (χ2v) is 8.06. The van der Waals surface area contributed by atoms with Crippen molar-refractivity contribution in [2.24, 2.45) is 5.92 Å². The van der Waals surface area contributed by atoms with Crippen molar-refractivity contribution in [1.29, 1.82) is 0 Å². The van der Waals surface area contributed by atoms with E-state index in [1.54, 1.807) is 6.20 Å². The Labute approximate surface area is 163 Å². The lowest BCUT2D eigenvalue weighted by Gasteiger charge is -2.30. The van der Waals surface area contributed by atoms with E-state index in [0.29, 0.717) is 22.8 Å². The van der Waals surface area contributed by atoms with Gasteiger partial charge in [-0.25, -0.2) is 0 Å². The van der Waals surface area contributed by atoms with E-state index in [0.717, 1.165) is 22.2 Å². The molecule has 0 bridgehead atoms. The number of nitrogens with one attached hydrogen (secondary N) is 3. The van der Waals surface area contributed by atoms with Crippen LogP contribution in [0.25, 0.3) is 10.9 Å². The summed E-state index contributed by atoms with van der Waals surface area (Å²) in [6, 6.07) is 10.3. The number of amides is 1. The van der Waals surface area contributed by atoms with Crippen LogP contribution in [0.5, 0.6) is 0 Å². The number of hydrazine groups is 1. The van der Waals surface area contributed by atoms with Crippen LogP contribution in [0.1, 0.15) is 32.6 Å². The lowest BCUT2D eigenvalue weighted by molar-refractivity contribution is -0.119. The van der Waals surface area contributed by atoms with E-state index in [4.69, 9.17) is 12.2 Å². The quantitative estimate of drug-likeness (QED) is 0.424. The highest BCUT2D eigenvalue weighted by Gasteiger charge is 2.21. The first-order valence-corrected chi connectivity index (χ1v) is 10.3. The minimum Gasteiger partial charge on any atom is -0.358 e. The van der Waals surface area contributed by atoms with Crippen LogP contribution in [0.4, 0.5) is 0 Å². The number of para-hydroxylation sites is 1. The van der Waals surface area contributed by atoms with Crippen molar-refractivity contribution >= 4 is 45.9 Å². The Balaban J connectivity index is 1.44. The number of hydrogen-bond donors (Lipinski definition) is 3. The summed E-state index contributed by atoms with van der Waals surface area (Å²) >= 11 is 6.76. The summed E-state index contributed by atoms with van der Waals surface area (Å²) in [6.07, 6.45) is 6.64. The molecule has 0 unspecified atom stereocenters. The average molecular weight is 389 g/mol. The van der Waals surface area contributed by atoms with Gasteiger partial charge in [0.1, 0.15) is 0 Å². The molecule has 1 aliphatic carbocycles. The molecule has 1 aromatic heterocycles. The van der Waals surface area contributed by atoms with E-state index in [2.05, 4.69) is 28.1 Å². The maximum absolute atomic E-state index is 12.1. The number of hydrogen-bond acceptors (Lipinski definition) is 4. The number of thioether (sulfide) groups is 1. The fraction of sp³-hybridized carbons (Fsp3) is 0.421. The summed E-state index contributed by atoms with van der Waals surface area (Å²) in [5.74, 6) is 0.780. The number of pyridine rings is 1. The Morgan fingerprint density at radius 2 is 2.04 bits per heavy atom. The summed E-state index contributed by atoms with van der Waals surface area (Å²) in [4.78, 5) is 17.5. The van der Waals surface area contributed by atoms with Gasteiger partial charge in [0.25, 0.3) is 0 Å². The molecule has 1 aliphatic rings. The van der Waals surface area contributed by atoms with Crippen molar-refractivity contribution in [3.05, 3.63) is 36.5 Å². The predicted octanol–water partition coefficient (Wildman–Crippen LogP) is 3.40. The molecule has 1 aromatic carbocycles. The van der Waals surface area contributed by atoms with E-state index in [1.165, 1.54) is 31.0 Å². The highest BCUT2D eigenvalue weighted by molar-refractivity contribution is 8.00. The molecule has 5 nitrogen and oxygen atoms in total. The summed E-state index contributed by atoms with van der Waals surface area (Å²) in [5, 5.41) is 4.86. The molecular weight excluding hydrogens is 364 g/mol. The number of carbonyl (C=O) groups excluding carboxylic acids is 1. The highest BCUT2D eigenvalue weighted by atomic mass is 32.2. The van der Waals surface area contributed by atoms with E-state index in [1.807, 2.05) is 30.3 Å². The Kier molecular flexibility index (Phi) is 6.68. The third-order valence-corrected chi connectivity index (χ3v) is 5.96. The third kappa shape index (κ3) is 5.08. The van der Waals surface area contributed by atoms with Gasteiger partial charge in [-0.3, -0.25) is 20.6 Å². The predicted molar refractivity (Wildman–Crippen MR) is 111 cm³/mol. The van der Waals surface area contributed by atoms with Gasteiger partial charge in [-0.1, -0.05) is 38.0 Å². The summed E-state index contributed by atoms with van der Waals surface area (Å²) in [7, 11) is 0. The zero-order valence-corrected chi connectivity index (χ0v) is 16.5. The van der Waals surface area contributed by atoms with Crippen LogP contribution >= 0.6 is 24.0 Å². The van der Waals surface area contributed by atoms with Crippen LogP contribution in [-0.4, -0.2) is 27.8 Å². The van der Waals surface area contributed by atoms with Crippen LogP contribution in [-0.2, 0) is 4.79 Å². The molecule has 26 heavy (non-hydrogen) atoms. The first-order chi connectivity index (χ1) is 12.6. The number of benzene rings is 1. The molecule has 1 amide bonds. The van der Waals surface area contributed by atoms with Crippen molar-refractivity contribution in [3.8, 4) is 0 Å². The van der Waals surface area contributed by atoms with Gasteiger partial charge >= 0.3 is 0 Å². The normalized spacial score (nSPS) is 19.7. The lowest BCUT2D eigenvalue weighted by atomic mass is 9.86. The van der Waals surface area contributed by atoms with Gasteiger partial charge < -0.3 is 5.32 Å². The number of rotatable bonds is 4. The minimum atomic E-state index is -0.122. The van der Waals surface area contributed by atoms with Crippen molar-refractivity contribution in [2.45, 2.75) is 43.5 Å². The summed E-state index contributed by atoms with van der Waals surface area (Å²) in [5.41, 5.74) is 6.41. The third-order valence-electron chi connectivity index (χ3n) is 4.70. The molecule has 3 N–H and O–H groups in total. The number of thiocarbonyl (C=S) groups is 1. The molecule has 138 valence electrons. The second kappa shape index (κ2) is 9.19. The van der Waals surface area contributed by atoms with Crippen molar-refractivity contribution in [2.75, 3.05) is 5.75 Å². The monoisotopic (exact) mass is 388 g/mol. The molecule has 1 fully saturated rings. The zero-order valence-electron chi connectivity index (χ0n) is 14.8. The fourth-order valence-electron chi connectivity index (χ4n) is 3.23.